The molecule has 1 aliphatic rings. The van der Waals surface area contributed by atoms with Gasteiger partial charge in [0.15, 0.2) is 5.58 Å². The van der Waals surface area contributed by atoms with Crippen molar-refractivity contribution in [1.29, 1.82) is 0 Å². The zero-order valence-electron chi connectivity index (χ0n) is 19.2. The van der Waals surface area contributed by atoms with E-state index in [2.05, 4.69) is 10.3 Å². The van der Waals surface area contributed by atoms with Gasteiger partial charge in [0.05, 0.1) is 22.4 Å². The number of fused-ring (bicyclic) bond motifs is 4. The van der Waals surface area contributed by atoms with Crippen LogP contribution in [-0.2, 0) is 4.79 Å². The van der Waals surface area contributed by atoms with Crippen molar-refractivity contribution < 1.29 is 18.8 Å². The molecule has 2 heterocycles. The van der Waals surface area contributed by atoms with Crippen LogP contribution in [0.25, 0.3) is 33.3 Å². The highest BCUT2D eigenvalue weighted by Gasteiger charge is 2.34. The molecule has 5 aromatic rings. The van der Waals surface area contributed by atoms with E-state index in [4.69, 9.17) is 4.42 Å². The molecule has 36 heavy (non-hydrogen) atoms. The lowest BCUT2D eigenvalue weighted by Crippen LogP contribution is -2.31. The molecule has 1 aromatic heterocycles. The summed E-state index contributed by atoms with van der Waals surface area (Å²) in [5, 5.41) is 4.97. The lowest BCUT2D eigenvalue weighted by molar-refractivity contribution is -0.116. The van der Waals surface area contributed by atoms with Crippen LogP contribution in [0.4, 0.5) is 5.69 Å². The molecular formula is C29H21N3O4. The van der Waals surface area contributed by atoms with Crippen LogP contribution >= 0.6 is 0 Å². The van der Waals surface area contributed by atoms with Crippen LogP contribution < -0.4 is 5.32 Å². The molecule has 0 radical (unpaired) electrons. The van der Waals surface area contributed by atoms with Gasteiger partial charge in [-0.25, -0.2) is 4.98 Å². The number of imide groups is 1. The number of carbonyl (C=O) groups is 3. The smallest absolute Gasteiger partial charge is 0.261 e. The van der Waals surface area contributed by atoms with Crippen molar-refractivity contribution in [3.8, 4) is 11.5 Å². The minimum Gasteiger partial charge on any atom is -0.435 e. The van der Waals surface area contributed by atoms with Gasteiger partial charge in [0, 0.05) is 18.4 Å². The van der Waals surface area contributed by atoms with E-state index in [1.165, 1.54) is 4.90 Å². The Balaban J connectivity index is 1.16. The number of aromatic nitrogens is 1. The number of oxazole rings is 1. The van der Waals surface area contributed by atoms with Crippen LogP contribution in [0.2, 0.25) is 0 Å². The molecule has 0 saturated heterocycles. The predicted molar refractivity (Wildman–Crippen MR) is 137 cm³/mol. The number of carbonyl (C=O) groups excluding carboxylic acids is 3. The number of nitrogens with zero attached hydrogens (tertiary/aromatic N) is 2. The van der Waals surface area contributed by atoms with Crippen LogP contribution in [-0.4, -0.2) is 34.2 Å². The lowest BCUT2D eigenvalue weighted by atomic mass is 10.1. The number of para-hydroxylation sites is 1. The van der Waals surface area contributed by atoms with Crippen molar-refractivity contribution in [1.82, 2.24) is 9.88 Å². The molecule has 176 valence electrons. The van der Waals surface area contributed by atoms with Crippen molar-refractivity contribution in [2.75, 3.05) is 11.9 Å². The van der Waals surface area contributed by atoms with Crippen LogP contribution in [0.3, 0.4) is 0 Å². The summed E-state index contributed by atoms with van der Waals surface area (Å²) >= 11 is 0. The fraction of sp³-hybridized carbons (Fsp3) is 0.103. The number of rotatable bonds is 6. The summed E-state index contributed by atoms with van der Waals surface area (Å²) in [7, 11) is 0. The first kappa shape index (κ1) is 21.7. The van der Waals surface area contributed by atoms with Crippen molar-refractivity contribution >= 4 is 45.3 Å². The maximum Gasteiger partial charge on any atom is 0.261 e. The minimum absolute atomic E-state index is 0.153. The summed E-state index contributed by atoms with van der Waals surface area (Å²) in [6.45, 7) is 0.180. The van der Waals surface area contributed by atoms with Gasteiger partial charge in [-0.3, -0.25) is 19.3 Å². The Morgan fingerprint density at radius 1 is 0.806 bits per heavy atom. The van der Waals surface area contributed by atoms with E-state index in [1.54, 1.807) is 30.3 Å². The fourth-order valence-electron chi connectivity index (χ4n) is 4.60. The predicted octanol–water partition coefficient (Wildman–Crippen LogP) is 5.66. The fourth-order valence-corrected chi connectivity index (χ4v) is 4.60. The van der Waals surface area contributed by atoms with E-state index in [0.29, 0.717) is 40.3 Å². The number of anilines is 1. The summed E-state index contributed by atoms with van der Waals surface area (Å²) in [6, 6.07) is 26.0. The van der Waals surface area contributed by atoms with Gasteiger partial charge in [0.2, 0.25) is 11.8 Å². The molecule has 7 heteroatoms. The minimum atomic E-state index is -0.315. The van der Waals surface area contributed by atoms with Crippen molar-refractivity contribution in [2.24, 2.45) is 0 Å². The molecule has 3 amide bonds. The molecule has 0 unspecified atom stereocenters. The topological polar surface area (TPSA) is 92.5 Å². The summed E-state index contributed by atoms with van der Waals surface area (Å²) in [5.74, 6) is -0.432. The van der Waals surface area contributed by atoms with Crippen LogP contribution in [0.5, 0.6) is 0 Å². The Labute approximate surface area is 206 Å². The SMILES string of the molecule is O=C(CCCN1C(=O)c2ccccc2C1=O)Nc1ccccc1-c1nc2ccc3ccccc3c2o1. The highest BCUT2D eigenvalue weighted by molar-refractivity contribution is 6.21. The molecule has 0 bridgehead atoms. The quantitative estimate of drug-likeness (QED) is 0.320. The zero-order chi connectivity index (χ0) is 24.6. The van der Waals surface area contributed by atoms with E-state index in [1.807, 2.05) is 54.6 Å². The number of hydrogen-bond donors (Lipinski definition) is 1. The normalized spacial score (nSPS) is 12.9. The van der Waals surface area contributed by atoms with Crippen molar-refractivity contribution in [3.63, 3.8) is 0 Å². The standard InChI is InChI=1S/C29H21N3O4/c33-25(14-7-17-32-28(34)20-10-3-4-11-21(20)29(32)35)30-23-13-6-5-12-22(23)27-31-24-16-15-18-8-1-2-9-19(18)26(24)36-27/h1-6,8-13,15-16H,7,14,17H2,(H,30,33). The molecule has 0 aliphatic carbocycles. The number of hydrogen-bond acceptors (Lipinski definition) is 5. The van der Waals surface area contributed by atoms with Crippen molar-refractivity contribution in [3.05, 3.63) is 96.1 Å². The third-order valence-corrected chi connectivity index (χ3v) is 6.37. The number of amides is 3. The Morgan fingerprint density at radius 3 is 2.25 bits per heavy atom. The molecule has 1 aliphatic heterocycles. The summed E-state index contributed by atoms with van der Waals surface area (Å²) < 4.78 is 6.15. The highest BCUT2D eigenvalue weighted by atomic mass is 16.3. The van der Waals surface area contributed by atoms with Crippen LogP contribution in [0.15, 0.2) is 89.3 Å². The van der Waals surface area contributed by atoms with Gasteiger partial charge >= 0.3 is 0 Å². The number of benzene rings is 4. The Hall–Kier alpha value is -4.78. The molecule has 0 fully saturated rings. The molecule has 4 aromatic carbocycles. The van der Waals surface area contributed by atoms with E-state index in [-0.39, 0.29) is 30.7 Å². The third-order valence-electron chi connectivity index (χ3n) is 6.37. The van der Waals surface area contributed by atoms with Gasteiger partial charge in [0.1, 0.15) is 5.52 Å². The average molecular weight is 476 g/mol. The molecule has 1 N–H and O–H groups in total. The highest BCUT2D eigenvalue weighted by Crippen LogP contribution is 2.33. The Bertz CT molecular complexity index is 1640. The van der Waals surface area contributed by atoms with Crippen molar-refractivity contribution in [2.45, 2.75) is 12.8 Å². The van der Waals surface area contributed by atoms with Crippen LogP contribution in [0.1, 0.15) is 33.6 Å². The Morgan fingerprint density at radius 2 is 1.47 bits per heavy atom. The van der Waals surface area contributed by atoms with E-state index >= 15 is 0 Å². The van der Waals surface area contributed by atoms with Gasteiger partial charge < -0.3 is 9.73 Å². The second kappa shape index (κ2) is 8.78. The van der Waals surface area contributed by atoms with Gasteiger partial charge in [-0.1, -0.05) is 54.6 Å². The van der Waals surface area contributed by atoms with E-state index in [0.717, 1.165) is 16.3 Å². The molecule has 7 nitrogen and oxygen atoms in total. The largest absolute Gasteiger partial charge is 0.435 e. The zero-order valence-corrected chi connectivity index (χ0v) is 19.2. The van der Waals surface area contributed by atoms with Gasteiger partial charge in [-0.15, -0.1) is 0 Å². The van der Waals surface area contributed by atoms with Gasteiger partial charge in [0.25, 0.3) is 11.8 Å². The molecule has 0 atom stereocenters. The Kier molecular flexibility index (Phi) is 5.30. The third kappa shape index (κ3) is 3.71. The summed E-state index contributed by atoms with van der Waals surface area (Å²) in [5.41, 5.74) is 3.51. The molecule has 6 rings (SSSR count). The first-order valence-corrected chi connectivity index (χ1v) is 11.7. The van der Waals surface area contributed by atoms with Gasteiger partial charge in [-0.05, 0) is 42.1 Å². The summed E-state index contributed by atoms with van der Waals surface area (Å²) in [4.78, 5) is 43.6. The second-order valence-corrected chi connectivity index (χ2v) is 8.66. The van der Waals surface area contributed by atoms with Gasteiger partial charge in [-0.2, -0.15) is 0 Å². The maximum absolute atomic E-state index is 12.7. The second-order valence-electron chi connectivity index (χ2n) is 8.66. The molecule has 0 saturated carbocycles. The molecule has 0 spiro atoms. The monoisotopic (exact) mass is 475 g/mol. The van der Waals surface area contributed by atoms with E-state index < -0.39 is 0 Å². The summed E-state index contributed by atoms with van der Waals surface area (Å²) in [6.07, 6.45) is 0.508. The van der Waals surface area contributed by atoms with Crippen LogP contribution in [0, 0.1) is 0 Å². The number of nitrogens with one attached hydrogen (secondary N) is 1. The first-order valence-electron chi connectivity index (χ1n) is 11.7. The maximum atomic E-state index is 12.7. The van der Waals surface area contributed by atoms with E-state index in [9.17, 15) is 14.4 Å². The lowest BCUT2D eigenvalue weighted by Gasteiger charge is -2.14. The molecular weight excluding hydrogens is 454 g/mol. The average Bonchev–Trinajstić information content (AvgIpc) is 3.45. The first-order chi connectivity index (χ1) is 17.6.